The van der Waals surface area contributed by atoms with Crippen molar-refractivity contribution in [1.82, 2.24) is 15.4 Å². The first kappa shape index (κ1) is 15.7. The maximum Gasteiger partial charge on any atom is 0.264 e. The quantitative estimate of drug-likeness (QED) is 0.830. The maximum atomic E-state index is 11.9. The molecule has 2 N–H and O–H groups in total. The first-order valence-corrected chi connectivity index (χ1v) is 8.09. The molecule has 0 bridgehead atoms. The molecule has 1 saturated carbocycles. The Morgan fingerprint density at radius 1 is 1.30 bits per heavy atom. The number of hydrogen-bond acceptors (Lipinski definition) is 5. The molecule has 1 amide bonds. The summed E-state index contributed by atoms with van der Waals surface area (Å²) in [6.07, 6.45) is 6.31. The summed E-state index contributed by atoms with van der Waals surface area (Å²) in [5, 5.41) is 0. The Morgan fingerprint density at radius 2 is 2.13 bits per heavy atom. The number of nitrogens with zero attached hydrogens (tertiary/aromatic N) is 2. The number of para-hydroxylation sites is 2. The zero-order chi connectivity index (χ0) is 16.1. The Balaban J connectivity index is 1.46. The van der Waals surface area contributed by atoms with Crippen molar-refractivity contribution < 1.29 is 9.53 Å². The summed E-state index contributed by atoms with van der Waals surface area (Å²) >= 11 is 0. The van der Waals surface area contributed by atoms with Gasteiger partial charge in [0.05, 0.1) is 23.3 Å². The van der Waals surface area contributed by atoms with Crippen LogP contribution in [-0.2, 0) is 9.53 Å². The van der Waals surface area contributed by atoms with Gasteiger partial charge < -0.3 is 4.74 Å². The second-order valence-electron chi connectivity index (χ2n) is 6.12. The van der Waals surface area contributed by atoms with Gasteiger partial charge in [-0.2, -0.15) is 0 Å². The highest BCUT2D eigenvalue weighted by Gasteiger charge is 2.20. The summed E-state index contributed by atoms with van der Waals surface area (Å²) in [5.41, 5.74) is 6.97. The molecule has 3 rings (SSSR count). The monoisotopic (exact) mass is 314 g/mol. The molecule has 1 heterocycles. The summed E-state index contributed by atoms with van der Waals surface area (Å²) in [7, 11) is 0. The molecule has 122 valence electrons. The van der Waals surface area contributed by atoms with Gasteiger partial charge in [-0.1, -0.05) is 31.9 Å². The fourth-order valence-corrected chi connectivity index (χ4v) is 2.91. The molecule has 0 radical (unpaired) electrons. The average molecular weight is 314 g/mol. The van der Waals surface area contributed by atoms with Crippen molar-refractivity contribution in [1.29, 1.82) is 0 Å². The van der Waals surface area contributed by atoms with E-state index in [1.165, 1.54) is 12.8 Å². The molecule has 1 aromatic heterocycles. The Bertz CT molecular complexity index is 676. The van der Waals surface area contributed by atoms with E-state index >= 15 is 0 Å². The van der Waals surface area contributed by atoms with Crippen LogP contribution in [0.25, 0.3) is 11.0 Å². The number of carbonyl (C=O) groups excluding carboxylic acids is 1. The number of aromatic nitrogens is 2. The summed E-state index contributed by atoms with van der Waals surface area (Å²) in [6.45, 7) is 2.29. The third-order valence-corrected chi connectivity index (χ3v) is 4.12. The van der Waals surface area contributed by atoms with Gasteiger partial charge in [-0.25, -0.2) is 4.98 Å². The lowest BCUT2D eigenvalue weighted by Crippen LogP contribution is -2.35. The molecular weight excluding hydrogens is 292 g/mol. The molecule has 2 atom stereocenters. The van der Waals surface area contributed by atoms with Crippen LogP contribution in [0.4, 0.5) is 5.82 Å². The van der Waals surface area contributed by atoms with Gasteiger partial charge >= 0.3 is 0 Å². The Kier molecular flexibility index (Phi) is 5.02. The fourth-order valence-electron chi connectivity index (χ4n) is 2.91. The molecule has 0 unspecified atom stereocenters. The van der Waals surface area contributed by atoms with E-state index in [-0.39, 0.29) is 18.6 Å². The van der Waals surface area contributed by atoms with Crippen LogP contribution in [0.1, 0.15) is 32.6 Å². The van der Waals surface area contributed by atoms with Crippen LogP contribution in [-0.4, -0.2) is 28.6 Å². The first-order chi connectivity index (χ1) is 11.2. The third kappa shape index (κ3) is 4.39. The highest BCUT2D eigenvalue weighted by Crippen LogP contribution is 2.25. The van der Waals surface area contributed by atoms with Gasteiger partial charge in [0.25, 0.3) is 5.91 Å². The van der Waals surface area contributed by atoms with Gasteiger partial charge in [0.1, 0.15) is 6.61 Å². The second kappa shape index (κ2) is 7.37. The van der Waals surface area contributed by atoms with Gasteiger partial charge in [-0.15, -0.1) is 0 Å². The van der Waals surface area contributed by atoms with Crippen LogP contribution < -0.4 is 10.9 Å². The molecule has 23 heavy (non-hydrogen) atoms. The maximum absolute atomic E-state index is 11.9. The highest BCUT2D eigenvalue weighted by atomic mass is 16.5. The summed E-state index contributed by atoms with van der Waals surface area (Å²) in [5.74, 6) is 0.976. The van der Waals surface area contributed by atoms with Crippen molar-refractivity contribution >= 4 is 22.8 Å². The third-order valence-electron chi connectivity index (χ3n) is 4.12. The van der Waals surface area contributed by atoms with Crippen LogP contribution >= 0.6 is 0 Å². The Hall–Kier alpha value is -2.21. The van der Waals surface area contributed by atoms with E-state index in [0.29, 0.717) is 11.7 Å². The topological polar surface area (TPSA) is 76.1 Å². The number of ether oxygens (including phenoxy) is 1. The minimum atomic E-state index is -0.210. The number of nitrogens with one attached hydrogen (secondary N) is 2. The van der Waals surface area contributed by atoms with Gasteiger partial charge in [-0.3, -0.25) is 20.6 Å². The average Bonchev–Trinajstić information content (AvgIpc) is 2.58. The number of amides is 1. The first-order valence-electron chi connectivity index (χ1n) is 8.09. The molecule has 1 aliphatic rings. The number of rotatable bonds is 5. The van der Waals surface area contributed by atoms with Gasteiger partial charge in [-0.05, 0) is 30.9 Å². The molecule has 0 saturated heterocycles. The minimum absolute atomic E-state index is 0.0609. The van der Waals surface area contributed by atoms with Gasteiger partial charge in [0.15, 0.2) is 5.82 Å². The molecular formula is C17H22N4O2. The number of carbonyl (C=O) groups is 1. The minimum Gasteiger partial charge on any atom is -0.368 e. The largest absolute Gasteiger partial charge is 0.368 e. The predicted molar refractivity (Wildman–Crippen MR) is 88.7 cm³/mol. The fraction of sp³-hybridized carbons (Fsp3) is 0.471. The normalized spacial score (nSPS) is 21.1. The molecule has 2 aromatic rings. The van der Waals surface area contributed by atoms with Crippen LogP contribution in [0.3, 0.4) is 0 Å². The molecule has 1 fully saturated rings. The van der Waals surface area contributed by atoms with E-state index in [4.69, 9.17) is 4.74 Å². The van der Waals surface area contributed by atoms with Crippen molar-refractivity contribution in [2.24, 2.45) is 5.92 Å². The summed E-state index contributed by atoms with van der Waals surface area (Å²) in [4.78, 5) is 20.5. The SMILES string of the molecule is C[C@@H]1CCC[C@@H](OCC(=O)NNc2cnc3ccccc3n2)C1. The summed E-state index contributed by atoms with van der Waals surface area (Å²) < 4.78 is 5.69. The number of hydrogen-bond donors (Lipinski definition) is 2. The second-order valence-corrected chi connectivity index (χ2v) is 6.12. The standard InChI is InChI=1S/C17H22N4O2/c1-12-5-4-6-13(9-12)23-11-17(22)21-20-16-10-18-14-7-2-3-8-15(14)19-16/h2-3,7-8,10,12-13H,4-6,9,11H2,1H3,(H,19,20)(H,21,22)/t12-,13-/m1/s1. The number of anilines is 1. The van der Waals surface area contributed by atoms with E-state index < -0.39 is 0 Å². The molecule has 0 spiro atoms. The predicted octanol–water partition coefficient (Wildman–Crippen LogP) is 2.67. The Morgan fingerprint density at radius 3 is 2.96 bits per heavy atom. The van der Waals surface area contributed by atoms with E-state index in [2.05, 4.69) is 27.7 Å². The van der Waals surface area contributed by atoms with Crippen LogP contribution in [0.5, 0.6) is 0 Å². The van der Waals surface area contributed by atoms with Crippen molar-refractivity contribution in [2.75, 3.05) is 12.0 Å². The summed E-state index contributed by atoms with van der Waals surface area (Å²) in [6, 6.07) is 7.58. The zero-order valence-electron chi connectivity index (χ0n) is 13.3. The molecule has 0 aliphatic heterocycles. The lowest BCUT2D eigenvalue weighted by molar-refractivity contribution is -0.128. The van der Waals surface area contributed by atoms with E-state index in [9.17, 15) is 4.79 Å². The van der Waals surface area contributed by atoms with E-state index in [1.807, 2.05) is 24.3 Å². The van der Waals surface area contributed by atoms with Crippen molar-refractivity contribution in [3.05, 3.63) is 30.5 Å². The molecule has 1 aromatic carbocycles. The number of hydrazine groups is 1. The lowest BCUT2D eigenvalue weighted by atomic mass is 9.89. The van der Waals surface area contributed by atoms with Crippen molar-refractivity contribution in [3.8, 4) is 0 Å². The van der Waals surface area contributed by atoms with E-state index in [0.717, 1.165) is 23.9 Å². The molecule has 1 aliphatic carbocycles. The van der Waals surface area contributed by atoms with Crippen LogP contribution in [0.15, 0.2) is 30.5 Å². The molecule has 6 nitrogen and oxygen atoms in total. The van der Waals surface area contributed by atoms with Gasteiger partial charge in [0.2, 0.25) is 0 Å². The van der Waals surface area contributed by atoms with E-state index in [1.54, 1.807) is 6.20 Å². The lowest BCUT2D eigenvalue weighted by Gasteiger charge is -2.26. The van der Waals surface area contributed by atoms with Crippen molar-refractivity contribution in [3.63, 3.8) is 0 Å². The Labute approximate surface area is 135 Å². The highest BCUT2D eigenvalue weighted by molar-refractivity contribution is 5.79. The number of fused-ring (bicyclic) bond motifs is 1. The van der Waals surface area contributed by atoms with Gasteiger partial charge in [0, 0.05) is 0 Å². The number of benzene rings is 1. The van der Waals surface area contributed by atoms with Crippen molar-refractivity contribution in [2.45, 2.75) is 38.7 Å². The van der Waals surface area contributed by atoms with Crippen LogP contribution in [0.2, 0.25) is 0 Å². The molecule has 6 heteroatoms. The van der Waals surface area contributed by atoms with Crippen LogP contribution in [0, 0.1) is 5.92 Å². The zero-order valence-corrected chi connectivity index (χ0v) is 13.3. The smallest absolute Gasteiger partial charge is 0.264 e.